The van der Waals surface area contributed by atoms with Gasteiger partial charge >= 0.3 is 17.3 Å². The van der Waals surface area contributed by atoms with Gasteiger partial charge in [-0.25, -0.2) is 4.79 Å². The number of benzene rings is 1. The molecule has 1 aromatic rings. The number of nitro groups is 2. The molecule has 0 aliphatic heterocycles. The Morgan fingerprint density at radius 1 is 1.17 bits per heavy atom. The maximum atomic E-state index is 11.5. The fraction of sp³-hybridized carbons (Fsp3) is 0.500. The molecule has 1 rings (SSSR count). The van der Waals surface area contributed by atoms with Crippen LogP contribution in [-0.4, -0.2) is 34.0 Å². The number of nitrogens with zero attached hydrogens (tertiary/aromatic N) is 3. The van der Waals surface area contributed by atoms with Crippen molar-refractivity contribution < 1.29 is 19.7 Å². The molecule has 0 aliphatic rings. The third kappa shape index (κ3) is 3.74. The van der Waals surface area contributed by atoms with Crippen LogP contribution in [0.3, 0.4) is 0 Å². The Kier molecular flexibility index (Phi) is 6.00. The standard InChI is InChI=1S/C14H19N3O6/c1-4-6-15(7-5-2)13-11(16(20)21)8-10(14(18)19)9(3)12(13)17(22)23/h8H,4-7H2,1-3H3,(H,18,19). The molecule has 0 unspecified atom stereocenters. The number of hydrogen-bond donors (Lipinski definition) is 1. The topological polar surface area (TPSA) is 127 Å². The predicted molar refractivity (Wildman–Crippen MR) is 84.2 cm³/mol. The highest BCUT2D eigenvalue weighted by Crippen LogP contribution is 2.42. The van der Waals surface area contributed by atoms with Crippen LogP contribution in [0.15, 0.2) is 6.07 Å². The van der Waals surface area contributed by atoms with E-state index in [0.29, 0.717) is 25.9 Å². The van der Waals surface area contributed by atoms with Crippen molar-refractivity contribution >= 4 is 23.0 Å². The molecule has 0 bridgehead atoms. The van der Waals surface area contributed by atoms with Crippen LogP contribution in [0.2, 0.25) is 0 Å². The largest absolute Gasteiger partial charge is 0.478 e. The summed E-state index contributed by atoms with van der Waals surface area (Å²) in [6, 6.07) is 0.901. The third-order valence-corrected chi connectivity index (χ3v) is 3.42. The average molecular weight is 325 g/mol. The average Bonchev–Trinajstić information content (AvgIpc) is 2.45. The molecule has 0 amide bonds. The Bertz CT molecular complexity index is 638. The van der Waals surface area contributed by atoms with Crippen molar-refractivity contribution in [3.8, 4) is 0 Å². The molecular weight excluding hydrogens is 306 g/mol. The lowest BCUT2D eigenvalue weighted by molar-refractivity contribution is -0.393. The van der Waals surface area contributed by atoms with Crippen LogP contribution in [0, 0.1) is 27.2 Å². The zero-order valence-corrected chi connectivity index (χ0v) is 13.2. The van der Waals surface area contributed by atoms with Gasteiger partial charge in [-0.3, -0.25) is 20.2 Å². The summed E-state index contributed by atoms with van der Waals surface area (Å²) in [5, 5.41) is 32.0. The second-order valence-electron chi connectivity index (χ2n) is 5.07. The fourth-order valence-electron chi connectivity index (χ4n) is 2.51. The fourth-order valence-corrected chi connectivity index (χ4v) is 2.51. The van der Waals surface area contributed by atoms with Crippen LogP contribution in [0.25, 0.3) is 0 Å². The van der Waals surface area contributed by atoms with Gasteiger partial charge in [0, 0.05) is 24.7 Å². The van der Waals surface area contributed by atoms with E-state index in [1.165, 1.54) is 6.92 Å². The highest BCUT2D eigenvalue weighted by atomic mass is 16.6. The van der Waals surface area contributed by atoms with E-state index in [-0.39, 0.29) is 11.3 Å². The summed E-state index contributed by atoms with van der Waals surface area (Å²) in [6.45, 7) is 5.82. The Morgan fingerprint density at radius 2 is 1.70 bits per heavy atom. The van der Waals surface area contributed by atoms with Crippen LogP contribution in [0.1, 0.15) is 42.6 Å². The molecule has 0 saturated heterocycles. The van der Waals surface area contributed by atoms with E-state index in [2.05, 4.69) is 0 Å². The molecule has 0 heterocycles. The number of anilines is 1. The maximum Gasteiger partial charge on any atom is 0.336 e. The Hall–Kier alpha value is -2.71. The summed E-state index contributed by atoms with van der Waals surface area (Å²) in [5.74, 6) is -1.43. The monoisotopic (exact) mass is 325 g/mol. The highest BCUT2D eigenvalue weighted by Gasteiger charge is 2.35. The first-order chi connectivity index (χ1) is 10.8. The first-order valence-corrected chi connectivity index (χ1v) is 7.20. The molecule has 0 atom stereocenters. The molecule has 1 aromatic carbocycles. The van der Waals surface area contributed by atoms with E-state index in [9.17, 15) is 25.0 Å². The van der Waals surface area contributed by atoms with Gasteiger partial charge in [0.2, 0.25) is 0 Å². The summed E-state index contributed by atoms with van der Waals surface area (Å²) in [5.41, 5.74) is -1.70. The van der Waals surface area contributed by atoms with E-state index >= 15 is 0 Å². The summed E-state index contributed by atoms with van der Waals surface area (Å²) in [6.07, 6.45) is 1.29. The summed E-state index contributed by atoms with van der Waals surface area (Å²) in [4.78, 5) is 34.1. The number of carboxylic acids is 1. The van der Waals surface area contributed by atoms with E-state index < -0.39 is 32.8 Å². The van der Waals surface area contributed by atoms with E-state index in [1.807, 2.05) is 13.8 Å². The van der Waals surface area contributed by atoms with Gasteiger partial charge in [0.05, 0.1) is 15.4 Å². The number of rotatable bonds is 8. The Morgan fingerprint density at radius 3 is 2.04 bits per heavy atom. The normalized spacial score (nSPS) is 10.4. The molecule has 0 aliphatic carbocycles. The summed E-state index contributed by atoms with van der Waals surface area (Å²) < 4.78 is 0. The van der Waals surface area contributed by atoms with Crippen molar-refractivity contribution in [1.82, 2.24) is 0 Å². The highest BCUT2D eigenvalue weighted by molar-refractivity contribution is 5.95. The van der Waals surface area contributed by atoms with Gasteiger partial charge in [-0.1, -0.05) is 13.8 Å². The second kappa shape index (κ2) is 7.52. The number of carboxylic acid groups (broad SMARTS) is 1. The second-order valence-corrected chi connectivity index (χ2v) is 5.07. The molecule has 0 saturated carbocycles. The van der Waals surface area contributed by atoms with Gasteiger partial charge in [0.25, 0.3) is 0 Å². The van der Waals surface area contributed by atoms with Crippen molar-refractivity contribution in [1.29, 1.82) is 0 Å². The van der Waals surface area contributed by atoms with Crippen LogP contribution < -0.4 is 4.90 Å². The van der Waals surface area contributed by atoms with Crippen LogP contribution in [0.4, 0.5) is 17.1 Å². The van der Waals surface area contributed by atoms with Crippen molar-refractivity contribution in [2.45, 2.75) is 33.6 Å². The van der Waals surface area contributed by atoms with Gasteiger partial charge in [0.15, 0.2) is 5.69 Å². The molecule has 0 aromatic heterocycles. The smallest absolute Gasteiger partial charge is 0.336 e. The molecular formula is C14H19N3O6. The number of carbonyl (C=O) groups is 1. The van der Waals surface area contributed by atoms with Crippen LogP contribution >= 0.6 is 0 Å². The maximum absolute atomic E-state index is 11.5. The third-order valence-electron chi connectivity index (χ3n) is 3.42. The SMILES string of the molecule is CCCN(CCC)c1c([N+](=O)[O-])cc(C(=O)O)c(C)c1[N+](=O)[O-]. The van der Waals surface area contributed by atoms with Crippen molar-refractivity contribution in [2.24, 2.45) is 0 Å². The van der Waals surface area contributed by atoms with Gasteiger partial charge in [-0.05, 0) is 19.8 Å². The zero-order valence-electron chi connectivity index (χ0n) is 13.2. The molecule has 126 valence electrons. The minimum absolute atomic E-state index is 0.0830. The zero-order chi connectivity index (χ0) is 17.7. The molecule has 0 fully saturated rings. The van der Waals surface area contributed by atoms with Crippen molar-refractivity contribution in [3.05, 3.63) is 37.4 Å². The van der Waals surface area contributed by atoms with Gasteiger partial charge < -0.3 is 10.0 Å². The molecule has 9 heteroatoms. The lowest BCUT2D eigenvalue weighted by Crippen LogP contribution is -2.27. The lowest BCUT2D eigenvalue weighted by Gasteiger charge is -2.24. The predicted octanol–water partition coefficient (Wildman–Crippen LogP) is 3.14. The van der Waals surface area contributed by atoms with Crippen LogP contribution in [-0.2, 0) is 0 Å². The minimum Gasteiger partial charge on any atom is -0.478 e. The summed E-state index contributed by atoms with van der Waals surface area (Å²) >= 11 is 0. The quantitative estimate of drug-likeness (QED) is 0.574. The number of aromatic carboxylic acids is 1. The summed E-state index contributed by atoms with van der Waals surface area (Å²) in [7, 11) is 0. The molecule has 1 N–H and O–H groups in total. The molecule has 23 heavy (non-hydrogen) atoms. The molecule has 9 nitrogen and oxygen atoms in total. The number of hydrogen-bond acceptors (Lipinski definition) is 6. The van der Waals surface area contributed by atoms with Crippen molar-refractivity contribution in [3.63, 3.8) is 0 Å². The minimum atomic E-state index is -1.43. The molecule has 0 spiro atoms. The first-order valence-electron chi connectivity index (χ1n) is 7.20. The molecule has 0 radical (unpaired) electrons. The van der Waals surface area contributed by atoms with Crippen molar-refractivity contribution in [2.75, 3.05) is 18.0 Å². The Labute approximate surface area is 132 Å². The van der Waals surface area contributed by atoms with E-state index in [4.69, 9.17) is 5.11 Å². The Balaban J connectivity index is 3.82. The number of nitro benzene ring substituents is 2. The van der Waals surface area contributed by atoms with E-state index in [0.717, 1.165) is 6.07 Å². The lowest BCUT2D eigenvalue weighted by atomic mass is 10.0. The van der Waals surface area contributed by atoms with Crippen LogP contribution in [0.5, 0.6) is 0 Å². The van der Waals surface area contributed by atoms with Gasteiger partial charge in [-0.2, -0.15) is 0 Å². The first kappa shape index (κ1) is 18.3. The van der Waals surface area contributed by atoms with E-state index in [1.54, 1.807) is 4.90 Å². The van der Waals surface area contributed by atoms with Gasteiger partial charge in [0.1, 0.15) is 0 Å². The van der Waals surface area contributed by atoms with Gasteiger partial charge in [-0.15, -0.1) is 0 Å².